The maximum atomic E-state index is 5.94. The van der Waals surface area contributed by atoms with Crippen molar-refractivity contribution in [2.75, 3.05) is 6.61 Å². The van der Waals surface area contributed by atoms with Crippen LogP contribution in [0.2, 0.25) is 0 Å². The zero-order chi connectivity index (χ0) is 17.3. The quantitative estimate of drug-likeness (QED) is 0.520. The Morgan fingerprint density at radius 1 is 1.12 bits per heavy atom. The Morgan fingerprint density at radius 2 is 1.88 bits per heavy atom. The number of benzene rings is 2. The molecule has 1 N–H and O–H groups in total. The van der Waals surface area contributed by atoms with Crippen molar-refractivity contribution in [2.24, 2.45) is 0 Å². The number of nitrogens with one attached hydrogen (secondary N) is 1. The summed E-state index contributed by atoms with van der Waals surface area (Å²) in [6.45, 7) is 2.82. The number of nitrogens with zero attached hydrogens (tertiary/aromatic N) is 1. The minimum absolute atomic E-state index is 0. The van der Waals surface area contributed by atoms with Crippen LogP contribution in [0.3, 0.4) is 0 Å². The van der Waals surface area contributed by atoms with E-state index in [4.69, 9.17) is 4.74 Å². The van der Waals surface area contributed by atoms with E-state index in [9.17, 15) is 0 Å². The van der Waals surface area contributed by atoms with Crippen LogP contribution in [0, 0.1) is 0 Å². The lowest BCUT2D eigenvalue weighted by molar-refractivity contribution is 0.316. The van der Waals surface area contributed by atoms with Crippen LogP contribution in [0.1, 0.15) is 30.3 Å². The number of halogens is 1. The van der Waals surface area contributed by atoms with Crippen LogP contribution < -0.4 is 4.74 Å². The van der Waals surface area contributed by atoms with Gasteiger partial charge in [-0.3, -0.25) is 0 Å². The zero-order valence-corrected chi connectivity index (χ0v) is 16.4. The SMILES string of the molecule is CCCOc1ccccc1C(=CSCc1ccccc1)c1ncc[nH]1.Cl. The number of aromatic nitrogens is 2. The first-order valence-corrected chi connectivity index (χ1v) is 9.51. The molecule has 0 saturated heterocycles. The van der Waals surface area contributed by atoms with Gasteiger partial charge in [0.25, 0.3) is 0 Å². The molecule has 0 amide bonds. The molecule has 0 atom stereocenters. The molecule has 0 aliphatic carbocycles. The van der Waals surface area contributed by atoms with E-state index in [-0.39, 0.29) is 12.4 Å². The second-order valence-corrected chi connectivity index (χ2v) is 6.47. The Labute approximate surface area is 165 Å². The number of thioether (sulfide) groups is 1. The summed E-state index contributed by atoms with van der Waals surface area (Å²) in [4.78, 5) is 7.67. The van der Waals surface area contributed by atoms with E-state index in [0.717, 1.165) is 34.9 Å². The molecule has 1 heterocycles. The van der Waals surface area contributed by atoms with Gasteiger partial charge in [0.05, 0.1) is 6.61 Å². The van der Waals surface area contributed by atoms with Crippen molar-refractivity contribution in [3.63, 3.8) is 0 Å². The predicted octanol–water partition coefficient (Wildman–Crippen LogP) is 5.94. The Bertz CT molecular complexity index is 804. The highest BCUT2D eigenvalue weighted by Crippen LogP contribution is 2.32. The van der Waals surface area contributed by atoms with Crippen LogP contribution in [0.5, 0.6) is 5.75 Å². The van der Waals surface area contributed by atoms with Gasteiger partial charge in [-0.05, 0) is 23.5 Å². The van der Waals surface area contributed by atoms with Crippen molar-refractivity contribution in [1.29, 1.82) is 0 Å². The molecule has 3 aromatic rings. The number of rotatable bonds is 8. The topological polar surface area (TPSA) is 37.9 Å². The fourth-order valence-corrected chi connectivity index (χ4v) is 3.36. The molecule has 136 valence electrons. The second kappa shape index (κ2) is 10.7. The van der Waals surface area contributed by atoms with Crippen LogP contribution in [-0.4, -0.2) is 16.6 Å². The molecular formula is C21H23ClN2OS. The largest absolute Gasteiger partial charge is 0.493 e. The van der Waals surface area contributed by atoms with Crippen LogP contribution in [0.4, 0.5) is 0 Å². The van der Waals surface area contributed by atoms with Crippen LogP contribution in [0.15, 0.2) is 72.4 Å². The van der Waals surface area contributed by atoms with Crippen molar-refractivity contribution in [3.05, 3.63) is 89.4 Å². The van der Waals surface area contributed by atoms with Crippen LogP contribution in [-0.2, 0) is 5.75 Å². The Hall–Kier alpha value is -2.17. The molecule has 1 aromatic heterocycles. The van der Waals surface area contributed by atoms with Gasteiger partial charge in [0.15, 0.2) is 0 Å². The van der Waals surface area contributed by atoms with Gasteiger partial charge < -0.3 is 9.72 Å². The van der Waals surface area contributed by atoms with Crippen molar-refractivity contribution in [3.8, 4) is 5.75 Å². The number of hydrogen-bond acceptors (Lipinski definition) is 3. The lowest BCUT2D eigenvalue weighted by Crippen LogP contribution is -2.00. The molecular weight excluding hydrogens is 364 g/mol. The molecule has 2 aromatic carbocycles. The molecule has 5 heteroatoms. The molecule has 0 aliphatic heterocycles. The molecule has 0 bridgehead atoms. The summed E-state index contributed by atoms with van der Waals surface area (Å²) >= 11 is 1.76. The van der Waals surface area contributed by atoms with Gasteiger partial charge in [-0.15, -0.1) is 24.2 Å². The summed E-state index contributed by atoms with van der Waals surface area (Å²) < 4.78 is 5.94. The number of imidazole rings is 1. The van der Waals surface area contributed by atoms with E-state index >= 15 is 0 Å². The van der Waals surface area contributed by atoms with E-state index in [0.29, 0.717) is 6.61 Å². The molecule has 0 saturated carbocycles. The third kappa shape index (κ3) is 5.41. The highest BCUT2D eigenvalue weighted by molar-refractivity contribution is 8.01. The van der Waals surface area contributed by atoms with Gasteiger partial charge in [-0.25, -0.2) is 4.98 Å². The molecule has 0 unspecified atom stereocenters. The maximum Gasteiger partial charge on any atom is 0.138 e. The van der Waals surface area contributed by atoms with E-state index in [1.54, 1.807) is 18.0 Å². The summed E-state index contributed by atoms with van der Waals surface area (Å²) in [6, 6.07) is 18.6. The number of ether oxygens (including phenoxy) is 1. The van der Waals surface area contributed by atoms with Crippen LogP contribution >= 0.6 is 24.2 Å². The number of para-hydroxylation sites is 1. The van der Waals surface area contributed by atoms with Gasteiger partial charge >= 0.3 is 0 Å². The summed E-state index contributed by atoms with van der Waals surface area (Å²) in [5, 5.41) is 2.17. The number of hydrogen-bond donors (Lipinski definition) is 1. The van der Waals surface area contributed by atoms with Crippen molar-refractivity contribution in [1.82, 2.24) is 9.97 Å². The lowest BCUT2D eigenvalue weighted by atomic mass is 10.1. The molecule has 0 fully saturated rings. The van der Waals surface area contributed by atoms with Gasteiger partial charge in [-0.1, -0.05) is 55.5 Å². The minimum Gasteiger partial charge on any atom is -0.493 e. The summed E-state index contributed by atoms with van der Waals surface area (Å²) in [5.41, 5.74) is 3.42. The van der Waals surface area contributed by atoms with Crippen molar-refractivity contribution >= 4 is 29.7 Å². The molecule has 3 nitrogen and oxygen atoms in total. The molecule has 0 radical (unpaired) electrons. The maximum absolute atomic E-state index is 5.94. The van der Waals surface area contributed by atoms with Crippen molar-refractivity contribution in [2.45, 2.75) is 19.1 Å². The molecule has 26 heavy (non-hydrogen) atoms. The highest BCUT2D eigenvalue weighted by atomic mass is 35.5. The first-order valence-electron chi connectivity index (χ1n) is 8.46. The Kier molecular flexibility index (Phi) is 8.32. The zero-order valence-electron chi connectivity index (χ0n) is 14.7. The van der Waals surface area contributed by atoms with Gasteiger partial charge in [0.2, 0.25) is 0 Å². The smallest absolute Gasteiger partial charge is 0.138 e. The predicted molar refractivity (Wildman–Crippen MR) is 113 cm³/mol. The normalized spacial score (nSPS) is 11.0. The summed E-state index contributed by atoms with van der Waals surface area (Å²) in [6.07, 6.45) is 4.61. The fourth-order valence-electron chi connectivity index (χ4n) is 2.48. The fraction of sp³-hybridized carbons (Fsp3) is 0.190. The Morgan fingerprint density at radius 3 is 2.62 bits per heavy atom. The van der Waals surface area contributed by atoms with Crippen LogP contribution in [0.25, 0.3) is 5.57 Å². The first kappa shape index (κ1) is 20.1. The first-order chi connectivity index (χ1) is 12.4. The summed E-state index contributed by atoms with van der Waals surface area (Å²) in [5.74, 6) is 2.67. The van der Waals surface area contributed by atoms with Crippen molar-refractivity contribution < 1.29 is 4.74 Å². The number of aromatic amines is 1. The van der Waals surface area contributed by atoms with Gasteiger partial charge in [-0.2, -0.15) is 0 Å². The highest BCUT2D eigenvalue weighted by Gasteiger charge is 2.13. The van der Waals surface area contributed by atoms with E-state index in [1.807, 2.05) is 30.5 Å². The monoisotopic (exact) mass is 386 g/mol. The molecule has 0 aliphatic rings. The van der Waals surface area contributed by atoms with E-state index in [1.165, 1.54) is 5.56 Å². The third-order valence-corrected chi connectivity index (χ3v) is 4.59. The lowest BCUT2D eigenvalue weighted by Gasteiger charge is -2.12. The molecule has 3 rings (SSSR count). The van der Waals surface area contributed by atoms with E-state index < -0.39 is 0 Å². The number of H-pyrrole nitrogens is 1. The summed E-state index contributed by atoms with van der Waals surface area (Å²) in [7, 11) is 0. The Balaban J connectivity index is 0.00000243. The molecule has 0 spiro atoms. The van der Waals surface area contributed by atoms with Gasteiger partial charge in [0.1, 0.15) is 11.6 Å². The standard InChI is InChI=1S/C21H22N2OS.ClH/c1-2-14-24-20-11-7-6-10-18(20)19(21-22-12-13-23-21)16-25-15-17-8-4-3-5-9-17;/h3-13,16H,2,14-15H2,1H3,(H,22,23);1H. The van der Waals surface area contributed by atoms with Gasteiger partial charge in [0, 0.05) is 29.3 Å². The third-order valence-electron chi connectivity index (χ3n) is 3.69. The average molecular weight is 387 g/mol. The second-order valence-electron chi connectivity index (χ2n) is 5.61. The minimum atomic E-state index is 0. The average Bonchev–Trinajstić information content (AvgIpc) is 3.19. The van der Waals surface area contributed by atoms with E-state index in [2.05, 4.69) is 52.6 Å².